The van der Waals surface area contributed by atoms with Gasteiger partial charge in [0, 0.05) is 6.54 Å². The Hall–Kier alpha value is -0.850. The van der Waals surface area contributed by atoms with Crippen LogP contribution >= 0.6 is 22.6 Å². The van der Waals surface area contributed by atoms with Crippen LogP contribution in [0, 0.1) is 3.77 Å². The predicted octanol–water partition coefficient (Wildman–Crippen LogP) is 2.67. The van der Waals surface area contributed by atoms with Crippen molar-refractivity contribution >= 4 is 22.6 Å². The Labute approximate surface area is 114 Å². The van der Waals surface area contributed by atoms with Crippen LogP contribution in [-0.4, -0.2) is 5.11 Å². The van der Waals surface area contributed by atoms with Gasteiger partial charge >= 0.3 is 0 Å². The number of halogens is 1. The van der Waals surface area contributed by atoms with Crippen molar-refractivity contribution in [3.63, 3.8) is 0 Å². The molecule has 0 saturated heterocycles. The van der Waals surface area contributed by atoms with Crippen molar-refractivity contribution in [2.24, 2.45) is 0 Å². The molecule has 0 radical (unpaired) electrons. The Kier molecular flexibility index (Phi) is 4.58. The molecule has 1 heterocycles. The zero-order valence-electron chi connectivity index (χ0n) is 9.32. The first kappa shape index (κ1) is 12.6. The van der Waals surface area contributed by atoms with Gasteiger partial charge in [-0.1, -0.05) is 24.3 Å². The van der Waals surface area contributed by atoms with Crippen molar-refractivity contribution in [2.45, 2.75) is 19.7 Å². The number of aliphatic hydroxyl groups is 1. The third-order valence-electron chi connectivity index (χ3n) is 2.46. The molecule has 1 aromatic carbocycles. The highest BCUT2D eigenvalue weighted by Gasteiger charge is 1.99. The van der Waals surface area contributed by atoms with E-state index in [9.17, 15) is 0 Å². The van der Waals surface area contributed by atoms with Crippen molar-refractivity contribution in [3.05, 3.63) is 57.1 Å². The van der Waals surface area contributed by atoms with Crippen molar-refractivity contribution in [1.29, 1.82) is 0 Å². The smallest absolute Gasteiger partial charge is 0.164 e. The predicted molar refractivity (Wildman–Crippen MR) is 74.3 cm³/mol. The zero-order valence-corrected chi connectivity index (χ0v) is 11.5. The normalized spacial score (nSPS) is 10.7. The van der Waals surface area contributed by atoms with Crippen LogP contribution in [0.4, 0.5) is 0 Å². The zero-order chi connectivity index (χ0) is 12.1. The van der Waals surface area contributed by atoms with Crippen molar-refractivity contribution in [3.8, 4) is 0 Å². The molecule has 1 aromatic heterocycles. The topological polar surface area (TPSA) is 45.4 Å². The SMILES string of the molecule is OCc1ccc(CNCc2ccc(I)o2)cc1. The summed E-state index contributed by atoms with van der Waals surface area (Å²) in [5, 5.41) is 12.2. The fraction of sp³-hybridized carbons (Fsp3) is 0.231. The molecular weight excluding hydrogens is 329 g/mol. The van der Waals surface area contributed by atoms with Crippen LogP contribution in [0.2, 0.25) is 0 Å². The second kappa shape index (κ2) is 6.18. The molecule has 2 N–H and O–H groups in total. The number of nitrogens with one attached hydrogen (secondary N) is 1. The lowest BCUT2D eigenvalue weighted by Gasteiger charge is -2.04. The molecule has 0 amide bonds. The first-order valence-electron chi connectivity index (χ1n) is 5.41. The summed E-state index contributed by atoms with van der Waals surface area (Å²) >= 11 is 2.15. The Balaban J connectivity index is 1.81. The number of furan rings is 1. The first-order chi connectivity index (χ1) is 8.28. The van der Waals surface area contributed by atoms with Gasteiger partial charge in [0.05, 0.1) is 13.2 Å². The molecule has 0 saturated carbocycles. The molecule has 0 aliphatic carbocycles. The third kappa shape index (κ3) is 3.83. The van der Waals surface area contributed by atoms with E-state index in [1.165, 1.54) is 5.56 Å². The van der Waals surface area contributed by atoms with E-state index >= 15 is 0 Å². The number of rotatable bonds is 5. The van der Waals surface area contributed by atoms with E-state index in [-0.39, 0.29) is 6.61 Å². The summed E-state index contributed by atoms with van der Waals surface area (Å²) in [5.41, 5.74) is 2.14. The van der Waals surface area contributed by atoms with Crippen LogP contribution in [0.25, 0.3) is 0 Å². The van der Waals surface area contributed by atoms with Crippen LogP contribution in [0.5, 0.6) is 0 Å². The summed E-state index contributed by atoms with van der Waals surface area (Å²) < 4.78 is 6.36. The summed E-state index contributed by atoms with van der Waals surface area (Å²) in [6, 6.07) is 11.8. The number of hydrogen-bond acceptors (Lipinski definition) is 3. The Morgan fingerprint density at radius 2 is 1.71 bits per heavy atom. The van der Waals surface area contributed by atoms with E-state index < -0.39 is 0 Å². The van der Waals surface area contributed by atoms with Crippen LogP contribution in [0.1, 0.15) is 16.9 Å². The van der Waals surface area contributed by atoms with E-state index in [0.29, 0.717) is 0 Å². The fourth-order valence-corrected chi connectivity index (χ4v) is 2.00. The highest BCUT2D eigenvalue weighted by molar-refractivity contribution is 14.1. The molecule has 17 heavy (non-hydrogen) atoms. The van der Waals surface area contributed by atoms with Gasteiger partial charge in [-0.2, -0.15) is 0 Å². The average molecular weight is 343 g/mol. The molecule has 0 bridgehead atoms. The summed E-state index contributed by atoms with van der Waals surface area (Å²) in [7, 11) is 0. The molecule has 0 aliphatic rings. The maximum absolute atomic E-state index is 8.93. The minimum absolute atomic E-state index is 0.0958. The molecule has 4 heteroatoms. The molecule has 0 fully saturated rings. The van der Waals surface area contributed by atoms with Gasteiger partial charge in [-0.15, -0.1) is 0 Å². The van der Waals surface area contributed by atoms with Gasteiger partial charge in [-0.05, 0) is 45.9 Å². The highest BCUT2D eigenvalue weighted by atomic mass is 127. The lowest BCUT2D eigenvalue weighted by atomic mass is 10.1. The van der Waals surface area contributed by atoms with Crippen LogP contribution in [-0.2, 0) is 19.7 Å². The standard InChI is InChI=1S/C13H14INO2/c14-13-6-5-12(17-13)8-15-7-10-1-3-11(9-16)4-2-10/h1-6,15-16H,7-9H2. The van der Waals surface area contributed by atoms with Gasteiger partial charge in [-0.3, -0.25) is 0 Å². The summed E-state index contributed by atoms with van der Waals surface area (Å²) in [6.45, 7) is 1.62. The maximum Gasteiger partial charge on any atom is 0.164 e. The van der Waals surface area contributed by atoms with Gasteiger partial charge in [-0.25, -0.2) is 0 Å². The Bertz CT molecular complexity index is 465. The lowest BCUT2D eigenvalue weighted by Crippen LogP contribution is -2.12. The second-order valence-electron chi connectivity index (χ2n) is 3.78. The quantitative estimate of drug-likeness (QED) is 0.821. The summed E-state index contributed by atoms with van der Waals surface area (Å²) in [4.78, 5) is 0. The largest absolute Gasteiger partial charge is 0.454 e. The Morgan fingerprint density at radius 1 is 1.00 bits per heavy atom. The van der Waals surface area contributed by atoms with Gasteiger partial charge in [0.15, 0.2) is 3.77 Å². The van der Waals surface area contributed by atoms with E-state index in [1.807, 2.05) is 36.4 Å². The molecule has 0 atom stereocenters. The summed E-state index contributed by atoms with van der Waals surface area (Å²) in [5.74, 6) is 0.946. The molecule has 0 aliphatic heterocycles. The van der Waals surface area contributed by atoms with E-state index in [4.69, 9.17) is 9.52 Å². The third-order valence-corrected chi connectivity index (χ3v) is 3.04. The number of hydrogen-bond donors (Lipinski definition) is 2. The molecule has 0 spiro atoms. The van der Waals surface area contributed by atoms with Crippen LogP contribution in [0.15, 0.2) is 40.8 Å². The molecule has 3 nitrogen and oxygen atoms in total. The molecule has 2 aromatic rings. The minimum atomic E-state index is 0.0958. The van der Waals surface area contributed by atoms with Gasteiger partial charge < -0.3 is 14.8 Å². The van der Waals surface area contributed by atoms with E-state index in [0.717, 1.165) is 28.2 Å². The van der Waals surface area contributed by atoms with Gasteiger partial charge in [0.2, 0.25) is 0 Å². The fourth-order valence-electron chi connectivity index (χ4n) is 1.54. The van der Waals surface area contributed by atoms with E-state index in [2.05, 4.69) is 27.9 Å². The van der Waals surface area contributed by atoms with Gasteiger partial charge in [0.25, 0.3) is 0 Å². The highest BCUT2D eigenvalue weighted by Crippen LogP contribution is 2.10. The summed E-state index contributed by atoms with van der Waals surface area (Å²) in [6.07, 6.45) is 0. The van der Waals surface area contributed by atoms with Crippen molar-refractivity contribution < 1.29 is 9.52 Å². The lowest BCUT2D eigenvalue weighted by molar-refractivity contribution is 0.282. The molecule has 2 rings (SSSR count). The van der Waals surface area contributed by atoms with Crippen molar-refractivity contribution in [2.75, 3.05) is 0 Å². The number of aliphatic hydroxyl groups excluding tert-OH is 1. The minimum Gasteiger partial charge on any atom is -0.454 e. The Morgan fingerprint density at radius 3 is 2.29 bits per heavy atom. The second-order valence-corrected chi connectivity index (χ2v) is 4.85. The maximum atomic E-state index is 8.93. The van der Waals surface area contributed by atoms with Crippen molar-refractivity contribution in [1.82, 2.24) is 5.32 Å². The van der Waals surface area contributed by atoms with E-state index in [1.54, 1.807) is 0 Å². The number of benzene rings is 1. The molecule has 90 valence electrons. The first-order valence-corrected chi connectivity index (χ1v) is 6.49. The molecule has 0 unspecified atom stereocenters. The molecular formula is C13H14INO2. The monoisotopic (exact) mass is 343 g/mol. The average Bonchev–Trinajstić information content (AvgIpc) is 2.76. The van der Waals surface area contributed by atoms with Crippen LogP contribution < -0.4 is 5.32 Å². The van der Waals surface area contributed by atoms with Crippen LogP contribution in [0.3, 0.4) is 0 Å². The van der Waals surface area contributed by atoms with Gasteiger partial charge in [0.1, 0.15) is 5.76 Å².